The van der Waals surface area contributed by atoms with Crippen LogP contribution in [-0.4, -0.2) is 37.6 Å². The van der Waals surface area contributed by atoms with Crippen LogP contribution in [0.4, 0.5) is 0 Å². The Labute approximate surface area is 150 Å². The number of carbonyl (C=O) groups excluding carboxylic acids is 2. The highest BCUT2D eigenvalue weighted by atomic mass is 79.9. The Hall–Kier alpha value is -1.40. The predicted octanol–water partition coefficient (Wildman–Crippen LogP) is 2.50. The molecule has 1 heterocycles. The summed E-state index contributed by atoms with van der Waals surface area (Å²) in [6.45, 7) is 0.629. The van der Waals surface area contributed by atoms with Crippen LogP contribution in [0.5, 0.6) is 0 Å². The molecule has 2 aliphatic rings. The van der Waals surface area contributed by atoms with Crippen LogP contribution in [0.1, 0.15) is 36.0 Å². The van der Waals surface area contributed by atoms with Gasteiger partial charge in [0.15, 0.2) is 0 Å². The number of amides is 2. The third kappa shape index (κ3) is 3.98. The van der Waals surface area contributed by atoms with E-state index in [1.54, 1.807) is 7.11 Å². The molecule has 1 aromatic carbocycles. The van der Waals surface area contributed by atoms with Crippen molar-refractivity contribution >= 4 is 27.7 Å². The van der Waals surface area contributed by atoms with Gasteiger partial charge in [0.25, 0.3) is 5.91 Å². The molecule has 2 fully saturated rings. The number of hydrogen-bond acceptors (Lipinski definition) is 3. The number of methoxy groups -OCH3 is 1. The summed E-state index contributed by atoms with van der Waals surface area (Å²) in [5, 5.41) is 6.22. The van der Waals surface area contributed by atoms with Crippen molar-refractivity contribution < 1.29 is 14.3 Å². The largest absolute Gasteiger partial charge is 0.384 e. The van der Waals surface area contributed by atoms with Gasteiger partial charge in [0.1, 0.15) is 0 Å². The van der Waals surface area contributed by atoms with Crippen LogP contribution in [-0.2, 0) is 9.53 Å². The first kappa shape index (κ1) is 17.4. The normalized spacial score (nSPS) is 29.5. The van der Waals surface area contributed by atoms with Gasteiger partial charge in [-0.25, -0.2) is 0 Å². The van der Waals surface area contributed by atoms with Crippen molar-refractivity contribution in [2.75, 3.05) is 13.7 Å². The fourth-order valence-electron chi connectivity index (χ4n) is 4.01. The van der Waals surface area contributed by atoms with Crippen LogP contribution < -0.4 is 10.6 Å². The van der Waals surface area contributed by atoms with Crippen LogP contribution in [0.25, 0.3) is 0 Å². The number of carbonyl (C=O) groups is 2. The average Bonchev–Trinajstić information content (AvgIpc) is 2.54. The molecule has 0 spiro atoms. The van der Waals surface area contributed by atoms with Gasteiger partial charge < -0.3 is 15.4 Å². The van der Waals surface area contributed by atoms with E-state index in [-0.39, 0.29) is 29.8 Å². The maximum absolute atomic E-state index is 12.4. The first-order valence-electron chi connectivity index (χ1n) is 8.41. The lowest BCUT2D eigenvalue weighted by molar-refractivity contribution is -0.128. The van der Waals surface area contributed by atoms with Crippen molar-refractivity contribution in [1.82, 2.24) is 10.6 Å². The minimum Gasteiger partial charge on any atom is -0.384 e. The second kappa shape index (κ2) is 7.66. The monoisotopic (exact) mass is 394 g/mol. The molecule has 1 aliphatic carbocycles. The minimum atomic E-state index is -0.0599. The molecule has 0 radical (unpaired) electrons. The lowest BCUT2D eigenvalue weighted by Crippen LogP contribution is -2.56. The maximum Gasteiger partial charge on any atom is 0.251 e. The molecule has 1 aliphatic heterocycles. The van der Waals surface area contributed by atoms with E-state index in [9.17, 15) is 9.59 Å². The molecule has 3 rings (SSSR count). The summed E-state index contributed by atoms with van der Waals surface area (Å²) in [5.74, 6) is 0.768. The molecule has 5 nitrogen and oxygen atoms in total. The van der Waals surface area contributed by atoms with Gasteiger partial charge in [-0.15, -0.1) is 0 Å². The van der Waals surface area contributed by atoms with E-state index in [4.69, 9.17) is 4.74 Å². The predicted molar refractivity (Wildman–Crippen MR) is 94.7 cm³/mol. The Balaban J connectivity index is 1.62. The summed E-state index contributed by atoms with van der Waals surface area (Å²) in [5.41, 5.74) is 0.649. The van der Waals surface area contributed by atoms with Crippen molar-refractivity contribution in [3.8, 4) is 0 Å². The van der Waals surface area contributed by atoms with Gasteiger partial charge in [-0.05, 0) is 49.3 Å². The highest BCUT2D eigenvalue weighted by Crippen LogP contribution is 2.35. The van der Waals surface area contributed by atoms with Crippen molar-refractivity contribution in [1.29, 1.82) is 0 Å². The Morgan fingerprint density at radius 3 is 3.00 bits per heavy atom. The summed E-state index contributed by atoms with van der Waals surface area (Å²) in [4.78, 5) is 24.3. The van der Waals surface area contributed by atoms with Gasteiger partial charge in [-0.2, -0.15) is 0 Å². The highest BCUT2D eigenvalue weighted by Gasteiger charge is 2.40. The molecule has 2 amide bonds. The number of fused-ring (bicyclic) bond motifs is 1. The molecule has 2 N–H and O–H groups in total. The molecular formula is C18H23BrN2O3. The number of nitrogens with one attached hydrogen (secondary N) is 2. The van der Waals surface area contributed by atoms with Gasteiger partial charge in [0.05, 0.1) is 0 Å². The highest BCUT2D eigenvalue weighted by molar-refractivity contribution is 9.10. The number of ether oxygens (including phenoxy) is 1. The first-order chi connectivity index (χ1) is 11.6. The van der Waals surface area contributed by atoms with Gasteiger partial charge in [0.2, 0.25) is 5.91 Å². The molecule has 1 saturated heterocycles. The van der Waals surface area contributed by atoms with E-state index in [2.05, 4.69) is 26.6 Å². The summed E-state index contributed by atoms with van der Waals surface area (Å²) >= 11 is 3.39. The van der Waals surface area contributed by atoms with Crippen molar-refractivity contribution in [2.24, 2.45) is 11.8 Å². The van der Waals surface area contributed by atoms with Crippen LogP contribution in [0.3, 0.4) is 0 Å². The number of piperidine rings is 1. The van der Waals surface area contributed by atoms with E-state index in [0.717, 1.165) is 23.7 Å². The molecule has 4 unspecified atom stereocenters. The Kier molecular flexibility index (Phi) is 5.56. The van der Waals surface area contributed by atoms with Crippen LogP contribution in [0.2, 0.25) is 0 Å². The number of rotatable bonds is 4. The standard InChI is InChI=1S/C18H23BrN2O3/c1-24-10-12-8-17(22)21-16-9-14(5-6-15(12)16)20-18(23)11-3-2-4-13(19)7-11/h2-4,7,12,14-16H,5-6,8-10H2,1H3,(H,20,23)(H,21,22). The van der Waals surface area contributed by atoms with E-state index in [0.29, 0.717) is 24.5 Å². The van der Waals surface area contributed by atoms with E-state index < -0.39 is 0 Å². The Morgan fingerprint density at radius 1 is 1.42 bits per heavy atom. The molecule has 24 heavy (non-hydrogen) atoms. The van der Waals surface area contributed by atoms with E-state index >= 15 is 0 Å². The molecule has 1 saturated carbocycles. The summed E-state index contributed by atoms with van der Waals surface area (Å²) in [7, 11) is 1.69. The fourth-order valence-corrected chi connectivity index (χ4v) is 4.40. The molecule has 4 atom stereocenters. The zero-order chi connectivity index (χ0) is 17.1. The smallest absolute Gasteiger partial charge is 0.251 e. The van der Waals surface area contributed by atoms with Crippen molar-refractivity contribution in [3.05, 3.63) is 34.3 Å². The SMILES string of the molecule is COCC1CC(=O)NC2CC(NC(=O)c3cccc(Br)c3)CCC12. The summed E-state index contributed by atoms with van der Waals surface area (Å²) in [6, 6.07) is 7.61. The quantitative estimate of drug-likeness (QED) is 0.824. The molecule has 130 valence electrons. The second-order valence-electron chi connectivity index (χ2n) is 6.75. The second-order valence-corrected chi connectivity index (χ2v) is 7.67. The topological polar surface area (TPSA) is 67.4 Å². The zero-order valence-electron chi connectivity index (χ0n) is 13.8. The van der Waals surface area contributed by atoms with Crippen LogP contribution in [0.15, 0.2) is 28.7 Å². The average molecular weight is 395 g/mol. The lowest BCUT2D eigenvalue weighted by atomic mass is 9.71. The molecular weight excluding hydrogens is 372 g/mol. The minimum absolute atomic E-state index is 0.0599. The number of benzene rings is 1. The molecule has 1 aromatic rings. The van der Waals surface area contributed by atoms with E-state index in [1.165, 1.54) is 0 Å². The Morgan fingerprint density at radius 2 is 2.25 bits per heavy atom. The number of halogens is 1. The first-order valence-corrected chi connectivity index (χ1v) is 9.21. The molecule has 6 heteroatoms. The molecule has 0 bridgehead atoms. The van der Waals surface area contributed by atoms with Gasteiger partial charge in [0, 0.05) is 42.3 Å². The zero-order valence-corrected chi connectivity index (χ0v) is 15.3. The fraction of sp³-hybridized carbons (Fsp3) is 0.556. The van der Waals surface area contributed by atoms with Crippen LogP contribution >= 0.6 is 15.9 Å². The van der Waals surface area contributed by atoms with Crippen molar-refractivity contribution in [3.63, 3.8) is 0 Å². The van der Waals surface area contributed by atoms with E-state index in [1.807, 2.05) is 24.3 Å². The van der Waals surface area contributed by atoms with Gasteiger partial charge in [-0.3, -0.25) is 9.59 Å². The third-order valence-electron chi connectivity index (χ3n) is 5.11. The lowest BCUT2D eigenvalue weighted by Gasteiger charge is -2.43. The number of hydrogen-bond donors (Lipinski definition) is 2. The van der Waals surface area contributed by atoms with Gasteiger partial charge >= 0.3 is 0 Å². The van der Waals surface area contributed by atoms with Gasteiger partial charge in [-0.1, -0.05) is 22.0 Å². The van der Waals surface area contributed by atoms with Crippen LogP contribution in [0, 0.1) is 11.8 Å². The van der Waals surface area contributed by atoms with Crippen molar-refractivity contribution in [2.45, 2.75) is 37.8 Å². The summed E-state index contributed by atoms with van der Waals surface area (Å²) in [6.07, 6.45) is 3.28. The Bertz CT molecular complexity index is 622. The summed E-state index contributed by atoms with van der Waals surface area (Å²) < 4.78 is 6.17. The third-order valence-corrected chi connectivity index (χ3v) is 5.60. The maximum atomic E-state index is 12.4. The molecule has 0 aromatic heterocycles.